The lowest BCUT2D eigenvalue weighted by molar-refractivity contribution is -0.137. The molecule has 12 heteroatoms. The van der Waals surface area contributed by atoms with Gasteiger partial charge in [0.25, 0.3) is 11.5 Å². The molecule has 1 N–H and O–H groups in total. The molecule has 0 aliphatic carbocycles. The van der Waals surface area contributed by atoms with Crippen LogP contribution in [0, 0.1) is 0 Å². The highest BCUT2D eigenvalue weighted by molar-refractivity contribution is 5.92. The molecular weight excluding hydrogens is 577 g/mol. The highest BCUT2D eigenvalue weighted by atomic mass is 19.4. The summed E-state index contributed by atoms with van der Waals surface area (Å²) in [4.78, 5) is 30.4. The zero-order chi connectivity index (χ0) is 31.3. The van der Waals surface area contributed by atoms with Gasteiger partial charge in [0.15, 0.2) is 23.9 Å². The maximum absolute atomic E-state index is 13.5. The molecule has 1 heterocycles. The standard InChI is InChI=1S/C32H25F3N4O5/c1-42-26-15-20(16-27(43-2)29(26)44-19-28(40)37-23-11-4-3-5-12-23)18-36-39-30(21-9-8-10-22(17-21)32(33,34)35)38-25-14-7-6-13-24(25)31(39)41/h3-18H,19H2,1-2H3,(H,37,40). The Morgan fingerprint density at radius 3 is 2.30 bits per heavy atom. The lowest BCUT2D eigenvalue weighted by Crippen LogP contribution is -2.21. The maximum Gasteiger partial charge on any atom is 0.416 e. The van der Waals surface area contributed by atoms with Crippen molar-refractivity contribution in [3.05, 3.63) is 112 Å². The number of nitrogens with zero attached hydrogens (tertiary/aromatic N) is 3. The first kappa shape index (κ1) is 29.8. The van der Waals surface area contributed by atoms with Crippen LogP contribution in [0.2, 0.25) is 0 Å². The molecule has 9 nitrogen and oxygen atoms in total. The number of hydrogen-bond acceptors (Lipinski definition) is 7. The molecule has 0 radical (unpaired) electrons. The topological polar surface area (TPSA) is 104 Å². The van der Waals surface area contributed by atoms with E-state index in [4.69, 9.17) is 14.2 Å². The van der Waals surface area contributed by atoms with Gasteiger partial charge in [-0.2, -0.15) is 22.9 Å². The molecule has 5 rings (SSSR count). The van der Waals surface area contributed by atoms with Crippen molar-refractivity contribution in [2.24, 2.45) is 5.10 Å². The molecule has 0 saturated carbocycles. The molecule has 1 amide bonds. The van der Waals surface area contributed by atoms with Crippen LogP contribution in [-0.2, 0) is 11.0 Å². The number of hydrogen-bond donors (Lipinski definition) is 1. The van der Waals surface area contributed by atoms with Crippen LogP contribution in [0.3, 0.4) is 0 Å². The number of ether oxygens (including phenoxy) is 3. The number of fused-ring (bicyclic) bond motifs is 1. The molecule has 0 unspecified atom stereocenters. The predicted molar refractivity (Wildman–Crippen MR) is 160 cm³/mol. The quantitative estimate of drug-likeness (QED) is 0.208. The molecule has 44 heavy (non-hydrogen) atoms. The summed E-state index contributed by atoms with van der Waals surface area (Å²) in [7, 11) is 2.80. The Kier molecular flexibility index (Phi) is 8.61. The van der Waals surface area contributed by atoms with E-state index in [1.165, 1.54) is 32.6 Å². The number of alkyl halides is 3. The van der Waals surface area contributed by atoms with Gasteiger partial charge < -0.3 is 19.5 Å². The number of halogens is 3. The Bertz CT molecular complexity index is 1880. The number of aromatic nitrogens is 2. The second-order valence-corrected chi connectivity index (χ2v) is 9.35. The zero-order valence-electron chi connectivity index (χ0n) is 23.5. The summed E-state index contributed by atoms with van der Waals surface area (Å²) in [5.74, 6) is 0.0842. The molecule has 0 fully saturated rings. The fourth-order valence-corrected chi connectivity index (χ4v) is 4.35. The van der Waals surface area contributed by atoms with Gasteiger partial charge in [-0.15, -0.1) is 0 Å². The van der Waals surface area contributed by atoms with Crippen LogP contribution < -0.4 is 25.1 Å². The fraction of sp³-hybridized carbons (Fsp3) is 0.125. The summed E-state index contributed by atoms with van der Waals surface area (Å²) in [6, 6.07) is 22.9. The van der Waals surface area contributed by atoms with Crippen LogP contribution in [0.5, 0.6) is 17.2 Å². The van der Waals surface area contributed by atoms with Crippen molar-refractivity contribution in [2.75, 3.05) is 26.1 Å². The Morgan fingerprint density at radius 2 is 1.61 bits per heavy atom. The number of benzene rings is 4. The summed E-state index contributed by atoms with van der Waals surface area (Å²) in [6.07, 6.45) is -3.29. The van der Waals surface area contributed by atoms with E-state index in [2.05, 4.69) is 15.4 Å². The van der Waals surface area contributed by atoms with Gasteiger partial charge in [0.2, 0.25) is 5.75 Å². The number of amides is 1. The Morgan fingerprint density at radius 1 is 0.932 bits per heavy atom. The summed E-state index contributed by atoms with van der Waals surface area (Å²) in [6.45, 7) is -0.340. The molecular formula is C32H25F3N4O5. The predicted octanol–water partition coefficient (Wildman–Crippen LogP) is 6.00. The van der Waals surface area contributed by atoms with Crippen LogP contribution in [0.15, 0.2) is 101 Å². The second kappa shape index (κ2) is 12.7. The fourth-order valence-electron chi connectivity index (χ4n) is 4.35. The lowest BCUT2D eigenvalue weighted by Gasteiger charge is -2.15. The van der Waals surface area contributed by atoms with Gasteiger partial charge in [-0.25, -0.2) is 4.98 Å². The summed E-state index contributed by atoms with van der Waals surface area (Å²) >= 11 is 0. The largest absolute Gasteiger partial charge is 0.493 e. The highest BCUT2D eigenvalue weighted by Crippen LogP contribution is 2.38. The van der Waals surface area contributed by atoms with Crippen molar-refractivity contribution in [3.63, 3.8) is 0 Å². The minimum atomic E-state index is -4.60. The summed E-state index contributed by atoms with van der Waals surface area (Å²) < 4.78 is 58.0. The number of methoxy groups -OCH3 is 2. The van der Waals surface area contributed by atoms with Gasteiger partial charge in [-0.3, -0.25) is 9.59 Å². The van der Waals surface area contributed by atoms with E-state index in [-0.39, 0.29) is 40.6 Å². The number of rotatable bonds is 9. The average molecular weight is 603 g/mol. The molecule has 4 aromatic carbocycles. The molecule has 5 aromatic rings. The second-order valence-electron chi connectivity index (χ2n) is 9.35. The van der Waals surface area contributed by atoms with E-state index < -0.39 is 23.2 Å². The Hall–Kier alpha value is -5.65. The molecule has 0 bridgehead atoms. The van der Waals surface area contributed by atoms with Crippen molar-refractivity contribution < 1.29 is 32.2 Å². The maximum atomic E-state index is 13.5. The van der Waals surface area contributed by atoms with Crippen LogP contribution in [0.1, 0.15) is 11.1 Å². The van der Waals surface area contributed by atoms with Gasteiger partial charge in [0, 0.05) is 16.8 Å². The number of carbonyl (C=O) groups is 1. The first-order valence-corrected chi connectivity index (χ1v) is 13.2. The van der Waals surface area contributed by atoms with Crippen molar-refractivity contribution >= 4 is 28.7 Å². The third-order valence-corrected chi connectivity index (χ3v) is 6.41. The first-order valence-electron chi connectivity index (χ1n) is 13.2. The Balaban J connectivity index is 1.50. The van der Waals surface area contributed by atoms with E-state index in [0.717, 1.165) is 16.8 Å². The monoisotopic (exact) mass is 602 g/mol. The third kappa shape index (κ3) is 6.54. The van der Waals surface area contributed by atoms with Crippen molar-refractivity contribution in [1.29, 1.82) is 0 Å². The summed E-state index contributed by atoms with van der Waals surface area (Å²) in [5.41, 5.74) is -0.118. The number of para-hydroxylation sites is 2. The molecule has 0 aliphatic heterocycles. The minimum Gasteiger partial charge on any atom is -0.493 e. The number of anilines is 1. The van der Waals surface area contributed by atoms with E-state index in [1.807, 2.05) is 6.07 Å². The van der Waals surface area contributed by atoms with Crippen molar-refractivity contribution in [1.82, 2.24) is 9.66 Å². The van der Waals surface area contributed by atoms with Crippen LogP contribution in [0.4, 0.5) is 18.9 Å². The smallest absolute Gasteiger partial charge is 0.416 e. The van der Waals surface area contributed by atoms with Crippen LogP contribution in [-0.4, -0.2) is 42.6 Å². The van der Waals surface area contributed by atoms with Crippen LogP contribution >= 0.6 is 0 Å². The SMILES string of the molecule is COc1cc(C=Nn2c(-c3cccc(C(F)(F)F)c3)nc3ccccc3c2=O)cc(OC)c1OCC(=O)Nc1ccccc1. The molecule has 0 aliphatic rings. The number of carbonyl (C=O) groups excluding carboxylic acids is 1. The van der Waals surface area contributed by atoms with Crippen molar-refractivity contribution in [3.8, 4) is 28.6 Å². The van der Waals surface area contributed by atoms with Gasteiger partial charge in [0.05, 0.1) is 36.9 Å². The average Bonchev–Trinajstić information content (AvgIpc) is 3.03. The lowest BCUT2D eigenvalue weighted by atomic mass is 10.1. The molecule has 1 aromatic heterocycles. The normalized spacial score (nSPS) is 11.5. The van der Waals surface area contributed by atoms with Gasteiger partial charge >= 0.3 is 6.18 Å². The van der Waals surface area contributed by atoms with E-state index in [9.17, 15) is 22.8 Å². The van der Waals surface area contributed by atoms with Crippen molar-refractivity contribution in [2.45, 2.75) is 6.18 Å². The molecule has 0 saturated heterocycles. The molecule has 0 spiro atoms. The van der Waals surface area contributed by atoms with Gasteiger partial charge in [-0.1, -0.05) is 42.5 Å². The third-order valence-electron chi connectivity index (χ3n) is 6.41. The minimum absolute atomic E-state index is 0.0486. The molecule has 224 valence electrons. The van der Waals surface area contributed by atoms with E-state index in [1.54, 1.807) is 60.7 Å². The number of nitrogens with one attached hydrogen (secondary N) is 1. The molecule has 0 atom stereocenters. The first-order chi connectivity index (χ1) is 21.2. The van der Waals surface area contributed by atoms with Gasteiger partial charge in [0.1, 0.15) is 0 Å². The zero-order valence-corrected chi connectivity index (χ0v) is 23.5. The van der Waals surface area contributed by atoms with Crippen LogP contribution in [0.25, 0.3) is 22.3 Å². The van der Waals surface area contributed by atoms with E-state index >= 15 is 0 Å². The highest BCUT2D eigenvalue weighted by Gasteiger charge is 2.31. The summed E-state index contributed by atoms with van der Waals surface area (Å²) in [5, 5.41) is 7.26. The Labute approximate surface area is 249 Å². The van der Waals surface area contributed by atoms with Gasteiger partial charge in [-0.05, 0) is 48.5 Å². The van der Waals surface area contributed by atoms with E-state index in [0.29, 0.717) is 16.8 Å².